The highest BCUT2D eigenvalue weighted by Gasteiger charge is 2.33. The van der Waals surface area contributed by atoms with Crippen molar-refractivity contribution in [2.45, 2.75) is 117 Å². The molecule has 254 valence electrons. The predicted molar refractivity (Wildman–Crippen MR) is 190 cm³/mol. The lowest BCUT2D eigenvalue weighted by atomic mass is 10.0. The van der Waals surface area contributed by atoms with Crippen molar-refractivity contribution in [3.05, 3.63) is 40.8 Å². The number of carbonyl (C=O) groups excluding carboxylic acids is 2. The number of nitrogens with zero attached hydrogens (tertiary/aromatic N) is 4. The van der Waals surface area contributed by atoms with Crippen LogP contribution < -0.4 is 4.90 Å². The quantitative estimate of drug-likeness (QED) is 0.0907. The Balaban J connectivity index is 1.16. The summed E-state index contributed by atoms with van der Waals surface area (Å²) in [5, 5.41) is 0.772. The van der Waals surface area contributed by atoms with Crippen molar-refractivity contribution in [3.63, 3.8) is 0 Å². The molecule has 9 heteroatoms. The first-order valence-electron chi connectivity index (χ1n) is 17.8. The van der Waals surface area contributed by atoms with E-state index in [-0.39, 0.29) is 5.97 Å². The third kappa shape index (κ3) is 11.1. The lowest BCUT2D eigenvalue weighted by Gasteiger charge is -2.34. The van der Waals surface area contributed by atoms with Crippen LogP contribution >= 0.6 is 11.3 Å². The molecule has 1 fully saturated rings. The number of para-hydroxylation sites is 2. The largest absolute Gasteiger partial charge is 0.428 e. The molecule has 2 aromatic rings. The number of hydrogen-bond acceptors (Lipinski definition) is 8. The summed E-state index contributed by atoms with van der Waals surface area (Å²) in [5.74, 6) is 0.553. The van der Waals surface area contributed by atoms with E-state index in [1.807, 2.05) is 31.2 Å². The number of anilines is 2. The summed E-state index contributed by atoms with van der Waals surface area (Å²) in [5.41, 5.74) is 2.29. The fourth-order valence-electron chi connectivity index (χ4n) is 6.22. The second-order valence-corrected chi connectivity index (χ2v) is 14.1. The summed E-state index contributed by atoms with van der Waals surface area (Å²) >= 11 is 1.54. The standard InChI is InChI=1S/C37H56N4O4S/c1-4-5-6-7-8-9-10-11-12-13-14-15-16-17-18-23-34(42)44-29-45-37(43)41-33-22-20-19-21-32(33)38-35(31-28-30(2)46-36(31)41)40-26-24-39(3)25-27-40/h19-22,28H,4-18,23-27,29H2,1-3H3. The number of ether oxygens (including phenoxy) is 2. The van der Waals surface area contributed by atoms with Gasteiger partial charge in [-0.15, -0.1) is 11.3 Å². The van der Waals surface area contributed by atoms with Crippen LogP contribution in [0, 0.1) is 6.92 Å². The number of rotatable bonds is 18. The fraction of sp³-hybridized carbons (Fsp3) is 0.649. The Morgan fingerprint density at radius 2 is 1.39 bits per heavy atom. The molecule has 1 saturated heterocycles. The van der Waals surface area contributed by atoms with E-state index in [1.165, 1.54) is 88.4 Å². The zero-order chi connectivity index (χ0) is 32.6. The molecule has 3 heterocycles. The van der Waals surface area contributed by atoms with Crippen molar-refractivity contribution in [3.8, 4) is 0 Å². The molecule has 4 rings (SSSR count). The van der Waals surface area contributed by atoms with Gasteiger partial charge in [0.25, 0.3) is 0 Å². The van der Waals surface area contributed by atoms with Crippen LogP contribution in [-0.2, 0) is 14.3 Å². The molecule has 0 unspecified atom stereocenters. The summed E-state index contributed by atoms with van der Waals surface area (Å²) < 4.78 is 10.8. The second-order valence-electron chi connectivity index (χ2n) is 12.9. The average Bonchev–Trinajstić information content (AvgIpc) is 3.37. The maximum Gasteiger partial charge on any atom is 0.422 e. The number of likely N-dealkylation sites (N-methyl/N-ethyl adjacent to an activating group) is 1. The van der Waals surface area contributed by atoms with E-state index in [1.54, 1.807) is 4.90 Å². The minimum atomic E-state index is -0.579. The molecule has 0 atom stereocenters. The average molecular weight is 653 g/mol. The van der Waals surface area contributed by atoms with E-state index in [4.69, 9.17) is 14.5 Å². The van der Waals surface area contributed by atoms with Gasteiger partial charge in [0.2, 0.25) is 6.79 Å². The van der Waals surface area contributed by atoms with Crippen LogP contribution in [0.4, 0.5) is 21.2 Å². The zero-order valence-electron chi connectivity index (χ0n) is 28.6. The van der Waals surface area contributed by atoms with Crippen molar-refractivity contribution < 1.29 is 19.1 Å². The van der Waals surface area contributed by atoms with Gasteiger partial charge in [-0.25, -0.2) is 14.7 Å². The molecule has 2 aliphatic rings. The van der Waals surface area contributed by atoms with Crippen LogP contribution in [0.5, 0.6) is 0 Å². The first-order chi connectivity index (χ1) is 22.5. The predicted octanol–water partition coefficient (Wildman–Crippen LogP) is 9.73. The maximum absolute atomic E-state index is 13.5. The Bertz CT molecular complexity index is 1250. The van der Waals surface area contributed by atoms with Crippen LogP contribution in [0.2, 0.25) is 0 Å². The number of carbonyl (C=O) groups is 2. The van der Waals surface area contributed by atoms with E-state index in [0.717, 1.165) is 66.7 Å². The molecule has 1 aromatic carbocycles. The molecule has 0 saturated carbocycles. The van der Waals surface area contributed by atoms with Gasteiger partial charge in [0, 0.05) is 37.5 Å². The third-order valence-corrected chi connectivity index (χ3v) is 10.0. The molecule has 8 nitrogen and oxygen atoms in total. The van der Waals surface area contributed by atoms with Crippen LogP contribution in [0.15, 0.2) is 35.3 Å². The number of hydrogen-bond donors (Lipinski definition) is 0. The number of unbranched alkanes of at least 4 members (excludes halogenated alkanes) is 14. The number of aryl methyl sites for hydroxylation is 1. The second kappa shape index (κ2) is 19.7. The van der Waals surface area contributed by atoms with E-state index in [9.17, 15) is 9.59 Å². The highest BCUT2D eigenvalue weighted by molar-refractivity contribution is 7.16. The number of amides is 1. The van der Waals surface area contributed by atoms with Gasteiger partial charge in [-0.3, -0.25) is 4.79 Å². The molecular formula is C37H56N4O4S. The van der Waals surface area contributed by atoms with Gasteiger partial charge in [-0.2, -0.15) is 0 Å². The first kappa shape index (κ1) is 35.9. The Labute approximate surface area is 281 Å². The van der Waals surface area contributed by atoms with E-state index >= 15 is 0 Å². The summed E-state index contributed by atoms with van der Waals surface area (Å²) in [4.78, 5) is 38.3. The number of fused-ring (bicyclic) bond motifs is 2. The number of thiophene rings is 1. The highest BCUT2D eigenvalue weighted by atomic mass is 32.1. The van der Waals surface area contributed by atoms with E-state index < -0.39 is 12.9 Å². The van der Waals surface area contributed by atoms with Gasteiger partial charge in [0.05, 0.1) is 16.9 Å². The van der Waals surface area contributed by atoms with Crippen molar-refractivity contribution in [1.82, 2.24) is 9.80 Å². The lowest BCUT2D eigenvalue weighted by Crippen LogP contribution is -2.47. The Kier molecular flexibility index (Phi) is 15.4. The smallest absolute Gasteiger partial charge is 0.422 e. The molecule has 46 heavy (non-hydrogen) atoms. The third-order valence-electron chi connectivity index (χ3n) is 9.00. The fourth-order valence-corrected chi connectivity index (χ4v) is 7.23. The monoisotopic (exact) mass is 652 g/mol. The SMILES string of the molecule is CCCCCCCCCCCCCCCCCC(=O)OCOC(=O)N1c2ccccc2N=C(N2CCN(C)CC2)c2cc(C)sc21. The van der Waals surface area contributed by atoms with Gasteiger partial charge in [-0.05, 0) is 38.6 Å². The number of amidine groups is 1. The summed E-state index contributed by atoms with van der Waals surface area (Å²) in [6.07, 6.45) is 19.0. The molecule has 1 aromatic heterocycles. The lowest BCUT2D eigenvalue weighted by molar-refractivity contribution is -0.151. The van der Waals surface area contributed by atoms with Crippen LogP contribution in [0.3, 0.4) is 0 Å². The van der Waals surface area contributed by atoms with E-state index in [0.29, 0.717) is 17.8 Å². The summed E-state index contributed by atoms with van der Waals surface area (Å²) in [6, 6.07) is 9.73. The summed E-state index contributed by atoms with van der Waals surface area (Å²) in [7, 11) is 2.13. The molecule has 0 aliphatic carbocycles. The van der Waals surface area contributed by atoms with Crippen LogP contribution in [0.1, 0.15) is 120 Å². The zero-order valence-corrected chi connectivity index (χ0v) is 29.4. The maximum atomic E-state index is 13.5. The van der Waals surface area contributed by atoms with Gasteiger partial charge in [0.15, 0.2) is 0 Å². The molecule has 0 N–H and O–H groups in total. The van der Waals surface area contributed by atoms with Crippen molar-refractivity contribution >= 4 is 45.6 Å². The van der Waals surface area contributed by atoms with Crippen molar-refractivity contribution in [2.24, 2.45) is 4.99 Å². The van der Waals surface area contributed by atoms with Crippen molar-refractivity contribution in [2.75, 3.05) is 44.9 Å². The number of esters is 1. The normalized spacial score (nSPS) is 14.8. The van der Waals surface area contributed by atoms with Crippen molar-refractivity contribution in [1.29, 1.82) is 0 Å². The molecule has 0 bridgehead atoms. The molecule has 0 spiro atoms. The minimum Gasteiger partial charge on any atom is -0.428 e. The topological polar surface area (TPSA) is 74.7 Å². The Hall–Kier alpha value is -2.91. The van der Waals surface area contributed by atoms with Gasteiger partial charge >= 0.3 is 12.1 Å². The van der Waals surface area contributed by atoms with Gasteiger partial charge < -0.3 is 19.3 Å². The number of benzene rings is 1. The molecule has 2 aliphatic heterocycles. The minimum absolute atomic E-state index is 0.327. The molecule has 0 radical (unpaired) electrons. The van der Waals surface area contributed by atoms with E-state index in [2.05, 4.69) is 29.8 Å². The summed E-state index contributed by atoms with van der Waals surface area (Å²) in [6.45, 7) is 7.55. The number of aliphatic imine (C=N–C) groups is 1. The van der Waals surface area contributed by atoms with Crippen LogP contribution in [-0.4, -0.2) is 67.7 Å². The van der Waals surface area contributed by atoms with Crippen LogP contribution in [0.25, 0.3) is 0 Å². The molecule has 1 amide bonds. The Morgan fingerprint density at radius 1 is 0.804 bits per heavy atom. The highest BCUT2D eigenvalue weighted by Crippen LogP contribution is 2.44. The van der Waals surface area contributed by atoms with Gasteiger partial charge in [-0.1, -0.05) is 109 Å². The van der Waals surface area contributed by atoms with Gasteiger partial charge in [0.1, 0.15) is 10.8 Å². The number of piperazine rings is 1. The Morgan fingerprint density at radius 3 is 2.02 bits per heavy atom. The first-order valence-corrected chi connectivity index (χ1v) is 18.6. The molecular weight excluding hydrogens is 596 g/mol.